The van der Waals surface area contributed by atoms with E-state index in [4.69, 9.17) is 4.99 Å². The van der Waals surface area contributed by atoms with Crippen LogP contribution in [0.3, 0.4) is 0 Å². The third kappa shape index (κ3) is 2.49. The second kappa shape index (κ2) is 5.48. The van der Waals surface area contributed by atoms with Crippen molar-refractivity contribution in [3.05, 3.63) is 23.8 Å². The lowest BCUT2D eigenvalue weighted by molar-refractivity contribution is 0.523. The Hall–Kier alpha value is -0.760. The molecule has 0 saturated carbocycles. The molecule has 18 heavy (non-hydrogen) atoms. The largest absolute Gasteiger partial charge is 0.257 e. The van der Waals surface area contributed by atoms with Crippen LogP contribution in [0.25, 0.3) is 0 Å². The van der Waals surface area contributed by atoms with Gasteiger partial charge in [-0.2, -0.15) is 0 Å². The summed E-state index contributed by atoms with van der Waals surface area (Å²) in [5, 5.41) is 0. The SMILES string of the molecule is CCCCCCC1(C)C(C)=Nc2ccc(S)cc21. The van der Waals surface area contributed by atoms with E-state index in [9.17, 15) is 0 Å². The first-order chi connectivity index (χ1) is 8.58. The number of thiol groups is 1. The molecule has 1 atom stereocenters. The summed E-state index contributed by atoms with van der Waals surface area (Å²) in [5.41, 5.74) is 3.89. The van der Waals surface area contributed by atoms with E-state index >= 15 is 0 Å². The Morgan fingerprint density at radius 1 is 1.22 bits per heavy atom. The average molecular weight is 261 g/mol. The lowest BCUT2D eigenvalue weighted by atomic mass is 9.76. The highest BCUT2D eigenvalue weighted by atomic mass is 32.1. The van der Waals surface area contributed by atoms with Crippen LogP contribution >= 0.6 is 12.6 Å². The third-order valence-corrected chi connectivity index (χ3v) is 4.47. The maximum absolute atomic E-state index is 4.73. The van der Waals surface area contributed by atoms with Crippen molar-refractivity contribution in [3.63, 3.8) is 0 Å². The van der Waals surface area contributed by atoms with Crippen LogP contribution in [0.2, 0.25) is 0 Å². The normalized spacial score (nSPS) is 21.9. The topological polar surface area (TPSA) is 12.4 Å². The summed E-state index contributed by atoms with van der Waals surface area (Å²) in [5.74, 6) is 0. The van der Waals surface area contributed by atoms with Gasteiger partial charge >= 0.3 is 0 Å². The van der Waals surface area contributed by atoms with Gasteiger partial charge in [0.2, 0.25) is 0 Å². The Kier molecular flexibility index (Phi) is 4.16. The summed E-state index contributed by atoms with van der Waals surface area (Å²) >= 11 is 4.46. The second-order valence-corrected chi connectivity index (χ2v) is 6.06. The second-order valence-electron chi connectivity index (χ2n) is 5.54. The molecule has 0 aliphatic carbocycles. The molecule has 2 rings (SSSR count). The fraction of sp³-hybridized carbons (Fsp3) is 0.562. The number of rotatable bonds is 5. The van der Waals surface area contributed by atoms with Crippen molar-refractivity contribution in [3.8, 4) is 0 Å². The fourth-order valence-corrected chi connectivity index (χ4v) is 2.99. The van der Waals surface area contributed by atoms with Gasteiger partial charge in [-0.25, -0.2) is 0 Å². The lowest BCUT2D eigenvalue weighted by Crippen LogP contribution is -2.27. The van der Waals surface area contributed by atoms with Gasteiger partial charge in [0.1, 0.15) is 0 Å². The molecule has 1 unspecified atom stereocenters. The molecule has 2 heteroatoms. The predicted octanol–water partition coefficient (Wildman–Crippen LogP) is 5.31. The Balaban J connectivity index is 2.18. The Bertz CT molecular complexity index is 464. The van der Waals surface area contributed by atoms with E-state index in [1.807, 2.05) is 6.07 Å². The summed E-state index contributed by atoms with van der Waals surface area (Å²) in [6.45, 7) is 6.75. The van der Waals surface area contributed by atoms with Crippen LogP contribution < -0.4 is 0 Å². The van der Waals surface area contributed by atoms with E-state index in [0.717, 1.165) is 10.6 Å². The predicted molar refractivity (Wildman–Crippen MR) is 82.6 cm³/mol. The fourth-order valence-electron chi connectivity index (χ4n) is 2.78. The van der Waals surface area contributed by atoms with Gasteiger partial charge in [-0.1, -0.05) is 39.5 Å². The molecule has 1 nitrogen and oxygen atoms in total. The zero-order valence-corrected chi connectivity index (χ0v) is 12.6. The average Bonchev–Trinajstić information content (AvgIpc) is 2.59. The zero-order valence-electron chi connectivity index (χ0n) is 11.7. The van der Waals surface area contributed by atoms with E-state index in [-0.39, 0.29) is 5.41 Å². The van der Waals surface area contributed by atoms with Crippen molar-refractivity contribution < 1.29 is 0 Å². The van der Waals surface area contributed by atoms with Gasteiger partial charge in [-0.3, -0.25) is 4.99 Å². The molecule has 0 aromatic heterocycles. The van der Waals surface area contributed by atoms with Crippen molar-refractivity contribution in [2.45, 2.75) is 63.2 Å². The highest BCUT2D eigenvalue weighted by Crippen LogP contribution is 2.44. The van der Waals surface area contributed by atoms with Crippen LogP contribution in [0.5, 0.6) is 0 Å². The summed E-state index contributed by atoms with van der Waals surface area (Å²) in [6, 6.07) is 6.32. The molecule has 1 heterocycles. The maximum Gasteiger partial charge on any atom is 0.0671 e. The van der Waals surface area contributed by atoms with Crippen LogP contribution in [0.4, 0.5) is 5.69 Å². The minimum Gasteiger partial charge on any atom is -0.257 e. The molecule has 0 fully saturated rings. The first-order valence-electron chi connectivity index (χ1n) is 6.97. The third-order valence-electron chi connectivity index (χ3n) is 4.19. The number of unbranched alkanes of at least 4 members (excludes halogenated alkanes) is 3. The summed E-state index contributed by atoms with van der Waals surface area (Å²) < 4.78 is 0. The van der Waals surface area contributed by atoms with Crippen LogP contribution in [-0.2, 0) is 5.41 Å². The maximum atomic E-state index is 4.73. The smallest absolute Gasteiger partial charge is 0.0671 e. The van der Waals surface area contributed by atoms with E-state index in [0.29, 0.717) is 0 Å². The summed E-state index contributed by atoms with van der Waals surface area (Å²) in [6.07, 6.45) is 6.45. The number of hydrogen-bond acceptors (Lipinski definition) is 2. The Morgan fingerprint density at radius 2 is 2.00 bits per heavy atom. The Labute approximate surface area is 116 Å². The first kappa shape index (κ1) is 13.7. The van der Waals surface area contributed by atoms with Crippen LogP contribution in [-0.4, -0.2) is 5.71 Å². The van der Waals surface area contributed by atoms with Crippen LogP contribution in [0.1, 0.15) is 58.4 Å². The van der Waals surface area contributed by atoms with Crippen molar-refractivity contribution in [1.82, 2.24) is 0 Å². The number of nitrogens with zero attached hydrogens (tertiary/aromatic N) is 1. The molecule has 0 bridgehead atoms. The molecule has 0 amide bonds. The summed E-state index contributed by atoms with van der Waals surface area (Å²) in [4.78, 5) is 5.77. The zero-order chi connectivity index (χ0) is 13.2. The van der Waals surface area contributed by atoms with E-state index in [1.165, 1.54) is 43.4 Å². The number of benzene rings is 1. The molecule has 98 valence electrons. The highest BCUT2D eigenvalue weighted by molar-refractivity contribution is 7.80. The van der Waals surface area contributed by atoms with Crippen molar-refractivity contribution in [2.75, 3.05) is 0 Å². The van der Waals surface area contributed by atoms with Gasteiger partial charge in [0, 0.05) is 16.0 Å². The van der Waals surface area contributed by atoms with E-state index in [2.05, 4.69) is 45.5 Å². The van der Waals surface area contributed by atoms with Gasteiger partial charge < -0.3 is 0 Å². The molecular weight excluding hydrogens is 238 g/mol. The van der Waals surface area contributed by atoms with Crippen molar-refractivity contribution in [1.29, 1.82) is 0 Å². The van der Waals surface area contributed by atoms with Gasteiger partial charge in [0.05, 0.1) is 5.69 Å². The van der Waals surface area contributed by atoms with Crippen LogP contribution in [0.15, 0.2) is 28.1 Å². The van der Waals surface area contributed by atoms with Gasteiger partial charge in [0.15, 0.2) is 0 Å². The minimum absolute atomic E-state index is 0.127. The molecule has 0 spiro atoms. The first-order valence-corrected chi connectivity index (χ1v) is 7.42. The lowest BCUT2D eigenvalue weighted by Gasteiger charge is -2.26. The number of aliphatic imine (C=N–C) groups is 1. The van der Waals surface area contributed by atoms with Gasteiger partial charge in [-0.05, 0) is 37.1 Å². The monoisotopic (exact) mass is 261 g/mol. The molecule has 1 aliphatic rings. The molecule has 0 N–H and O–H groups in total. The van der Waals surface area contributed by atoms with E-state index in [1.54, 1.807) is 0 Å². The van der Waals surface area contributed by atoms with Crippen molar-refractivity contribution in [2.24, 2.45) is 4.99 Å². The molecular formula is C16H23NS. The number of hydrogen-bond donors (Lipinski definition) is 1. The molecule has 0 saturated heterocycles. The molecule has 1 aromatic carbocycles. The minimum atomic E-state index is 0.127. The quantitative estimate of drug-likeness (QED) is 0.545. The van der Waals surface area contributed by atoms with Gasteiger partial charge in [-0.15, -0.1) is 12.6 Å². The standard InChI is InChI=1S/C16H23NS/c1-4-5-6-7-10-16(3)12(2)17-15-9-8-13(18)11-14(15)16/h8-9,11,18H,4-7,10H2,1-3H3. The summed E-state index contributed by atoms with van der Waals surface area (Å²) in [7, 11) is 0. The molecule has 1 aliphatic heterocycles. The Morgan fingerprint density at radius 3 is 2.72 bits per heavy atom. The van der Waals surface area contributed by atoms with Crippen molar-refractivity contribution >= 4 is 24.0 Å². The van der Waals surface area contributed by atoms with E-state index < -0.39 is 0 Å². The molecule has 1 aromatic rings. The van der Waals surface area contributed by atoms with Crippen LogP contribution in [0, 0.1) is 0 Å². The van der Waals surface area contributed by atoms with Gasteiger partial charge in [0.25, 0.3) is 0 Å². The highest BCUT2D eigenvalue weighted by Gasteiger charge is 2.36. The molecule has 0 radical (unpaired) electrons. The number of fused-ring (bicyclic) bond motifs is 1.